The topological polar surface area (TPSA) is 65.8 Å². The van der Waals surface area contributed by atoms with Gasteiger partial charge in [0.25, 0.3) is 0 Å². The van der Waals surface area contributed by atoms with Gasteiger partial charge >= 0.3 is 0 Å². The third-order valence-corrected chi connectivity index (χ3v) is 5.49. The SMILES string of the molecule is Cc1cc(C)c2cc(C#N)c(SCC(=O)Nc3ccc(C)c(C)c3)nc2c1. The molecule has 0 radical (unpaired) electrons. The minimum Gasteiger partial charge on any atom is -0.325 e. The van der Waals surface area contributed by atoms with Gasteiger partial charge in [-0.2, -0.15) is 5.26 Å². The van der Waals surface area contributed by atoms with E-state index in [9.17, 15) is 10.1 Å². The zero-order valence-corrected chi connectivity index (χ0v) is 16.7. The van der Waals surface area contributed by atoms with Crippen LogP contribution in [0, 0.1) is 39.0 Å². The van der Waals surface area contributed by atoms with Crippen molar-refractivity contribution in [3.8, 4) is 6.07 Å². The lowest BCUT2D eigenvalue weighted by Gasteiger charge is -2.10. The first-order valence-corrected chi connectivity index (χ1v) is 9.68. The average molecular weight is 375 g/mol. The van der Waals surface area contributed by atoms with E-state index >= 15 is 0 Å². The Bertz CT molecular complexity index is 1080. The quantitative estimate of drug-likeness (QED) is 0.647. The molecule has 0 unspecified atom stereocenters. The highest BCUT2D eigenvalue weighted by molar-refractivity contribution is 8.00. The minimum atomic E-state index is -0.116. The first-order chi connectivity index (χ1) is 12.9. The first kappa shape index (κ1) is 18.9. The van der Waals surface area contributed by atoms with Crippen LogP contribution in [0.2, 0.25) is 0 Å². The molecule has 5 heteroatoms. The number of nitrogens with zero attached hydrogens (tertiary/aromatic N) is 2. The number of aryl methyl sites for hydroxylation is 4. The molecule has 3 aromatic rings. The summed E-state index contributed by atoms with van der Waals surface area (Å²) < 4.78 is 0. The van der Waals surface area contributed by atoms with Gasteiger partial charge in [0, 0.05) is 11.1 Å². The van der Waals surface area contributed by atoms with E-state index in [1.165, 1.54) is 17.3 Å². The zero-order chi connectivity index (χ0) is 19.6. The number of pyridine rings is 1. The molecule has 1 aromatic heterocycles. The van der Waals surface area contributed by atoms with Crippen molar-refractivity contribution in [3.05, 3.63) is 64.2 Å². The number of rotatable bonds is 4. The molecule has 2 aromatic carbocycles. The molecule has 0 bridgehead atoms. The van der Waals surface area contributed by atoms with Gasteiger partial charge in [-0.1, -0.05) is 23.9 Å². The second kappa shape index (κ2) is 7.81. The molecule has 1 heterocycles. The number of nitriles is 1. The maximum Gasteiger partial charge on any atom is 0.234 e. The maximum absolute atomic E-state index is 12.3. The molecule has 1 N–H and O–H groups in total. The number of fused-ring (bicyclic) bond motifs is 1. The molecule has 0 saturated heterocycles. The predicted molar refractivity (Wildman–Crippen MR) is 111 cm³/mol. The Hall–Kier alpha value is -2.84. The summed E-state index contributed by atoms with van der Waals surface area (Å²) in [5.74, 6) is 0.0831. The lowest BCUT2D eigenvalue weighted by molar-refractivity contribution is -0.113. The van der Waals surface area contributed by atoms with Crippen LogP contribution in [0.5, 0.6) is 0 Å². The van der Waals surface area contributed by atoms with E-state index in [1.54, 1.807) is 0 Å². The van der Waals surface area contributed by atoms with E-state index in [2.05, 4.69) is 22.4 Å². The molecule has 4 nitrogen and oxygen atoms in total. The third-order valence-electron chi connectivity index (χ3n) is 4.50. The van der Waals surface area contributed by atoms with E-state index < -0.39 is 0 Å². The zero-order valence-electron chi connectivity index (χ0n) is 15.9. The molecular weight excluding hydrogens is 354 g/mol. The van der Waals surface area contributed by atoms with Gasteiger partial charge in [0.1, 0.15) is 11.1 Å². The average Bonchev–Trinajstić information content (AvgIpc) is 2.62. The lowest BCUT2D eigenvalue weighted by atomic mass is 10.1. The largest absolute Gasteiger partial charge is 0.325 e. The number of thioether (sulfide) groups is 1. The molecule has 0 spiro atoms. The number of carbonyl (C=O) groups excluding carboxylic acids is 1. The van der Waals surface area contributed by atoms with E-state index in [0.717, 1.165) is 33.3 Å². The Balaban J connectivity index is 1.78. The van der Waals surface area contributed by atoms with Crippen molar-refractivity contribution in [2.45, 2.75) is 32.7 Å². The van der Waals surface area contributed by atoms with Crippen molar-refractivity contribution in [1.82, 2.24) is 4.98 Å². The van der Waals surface area contributed by atoms with E-state index in [0.29, 0.717) is 10.6 Å². The van der Waals surface area contributed by atoms with Crippen molar-refractivity contribution in [2.24, 2.45) is 0 Å². The Morgan fingerprint density at radius 1 is 1.07 bits per heavy atom. The smallest absolute Gasteiger partial charge is 0.234 e. The maximum atomic E-state index is 12.3. The van der Waals surface area contributed by atoms with E-state index in [1.807, 2.05) is 58.0 Å². The molecule has 3 rings (SSSR count). The van der Waals surface area contributed by atoms with Gasteiger partial charge in [-0.25, -0.2) is 4.98 Å². The van der Waals surface area contributed by atoms with Crippen LogP contribution in [-0.2, 0) is 4.79 Å². The molecular formula is C22H21N3OS. The number of hydrogen-bond donors (Lipinski definition) is 1. The van der Waals surface area contributed by atoms with Gasteiger partial charge in [0.05, 0.1) is 16.8 Å². The number of anilines is 1. The molecule has 27 heavy (non-hydrogen) atoms. The van der Waals surface area contributed by atoms with Crippen LogP contribution in [0.1, 0.15) is 27.8 Å². The summed E-state index contributed by atoms with van der Waals surface area (Å²) in [4.78, 5) is 16.9. The van der Waals surface area contributed by atoms with E-state index in [4.69, 9.17) is 0 Å². The summed E-state index contributed by atoms with van der Waals surface area (Å²) in [5, 5.41) is 13.9. The number of aromatic nitrogens is 1. The number of nitrogens with one attached hydrogen (secondary N) is 1. The molecule has 0 atom stereocenters. The summed E-state index contributed by atoms with van der Waals surface area (Å²) >= 11 is 1.29. The fourth-order valence-corrected chi connectivity index (χ4v) is 3.72. The number of carbonyl (C=O) groups is 1. The number of amides is 1. The molecule has 0 aliphatic rings. The highest BCUT2D eigenvalue weighted by Crippen LogP contribution is 2.27. The summed E-state index contributed by atoms with van der Waals surface area (Å²) in [7, 11) is 0. The fraction of sp³-hybridized carbons (Fsp3) is 0.227. The monoisotopic (exact) mass is 375 g/mol. The standard InChI is InChI=1S/C22H21N3OS/c1-13-7-16(4)19-10-17(11-23)22(25-20(19)8-13)27-12-21(26)24-18-6-5-14(2)15(3)9-18/h5-10H,12H2,1-4H3,(H,24,26). The molecule has 0 aliphatic carbocycles. The Morgan fingerprint density at radius 2 is 1.85 bits per heavy atom. The Morgan fingerprint density at radius 3 is 2.56 bits per heavy atom. The van der Waals surface area contributed by atoms with Crippen molar-refractivity contribution >= 4 is 34.3 Å². The van der Waals surface area contributed by atoms with Gasteiger partial charge in [-0.15, -0.1) is 0 Å². The van der Waals surface area contributed by atoms with Gasteiger partial charge < -0.3 is 5.32 Å². The Labute approximate surface area is 163 Å². The fourth-order valence-electron chi connectivity index (χ4n) is 2.95. The van der Waals surface area contributed by atoms with Crippen LogP contribution in [0.3, 0.4) is 0 Å². The predicted octanol–water partition coefficient (Wildman–Crippen LogP) is 5.07. The van der Waals surface area contributed by atoms with Crippen molar-refractivity contribution in [3.63, 3.8) is 0 Å². The lowest BCUT2D eigenvalue weighted by Crippen LogP contribution is -2.14. The third kappa shape index (κ3) is 4.29. The second-order valence-corrected chi connectivity index (χ2v) is 7.70. The molecule has 0 fully saturated rings. The van der Waals surface area contributed by atoms with Gasteiger partial charge in [0.2, 0.25) is 5.91 Å². The van der Waals surface area contributed by atoms with Crippen LogP contribution in [0.15, 0.2) is 41.4 Å². The van der Waals surface area contributed by atoms with Crippen LogP contribution >= 0.6 is 11.8 Å². The molecule has 136 valence electrons. The van der Waals surface area contributed by atoms with Crippen LogP contribution in [-0.4, -0.2) is 16.6 Å². The Kier molecular flexibility index (Phi) is 5.48. The molecule has 0 aliphatic heterocycles. The number of benzene rings is 2. The van der Waals surface area contributed by atoms with Crippen molar-refractivity contribution in [2.75, 3.05) is 11.1 Å². The highest BCUT2D eigenvalue weighted by atomic mass is 32.2. The van der Waals surface area contributed by atoms with Crippen molar-refractivity contribution in [1.29, 1.82) is 5.26 Å². The van der Waals surface area contributed by atoms with Crippen LogP contribution in [0.4, 0.5) is 5.69 Å². The first-order valence-electron chi connectivity index (χ1n) is 8.69. The summed E-state index contributed by atoms with van der Waals surface area (Å²) in [5.41, 5.74) is 6.67. The highest BCUT2D eigenvalue weighted by Gasteiger charge is 2.12. The minimum absolute atomic E-state index is 0.116. The summed E-state index contributed by atoms with van der Waals surface area (Å²) in [6, 6.07) is 14.0. The van der Waals surface area contributed by atoms with Crippen molar-refractivity contribution < 1.29 is 4.79 Å². The summed E-state index contributed by atoms with van der Waals surface area (Å²) in [6.07, 6.45) is 0. The normalized spacial score (nSPS) is 10.6. The van der Waals surface area contributed by atoms with Gasteiger partial charge in [-0.05, 0) is 74.2 Å². The van der Waals surface area contributed by atoms with Gasteiger partial charge in [0.15, 0.2) is 0 Å². The van der Waals surface area contributed by atoms with Gasteiger partial charge in [-0.3, -0.25) is 4.79 Å². The summed E-state index contributed by atoms with van der Waals surface area (Å²) in [6.45, 7) is 8.09. The second-order valence-electron chi connectivity index (χ2n) is 6.74. The number of hydrogen-bond acceptors (Lipinski definition) is 4. The van der Waals surface area contributed by atoms with Crippen LogP contribution in [0.25, 0.3) is 10.9 Å². The van der Waals surface area contributed by atoms with Crippen LogP contribution < -0.4 is 5.32 Å². The molecule has 0 saturated carbocycles. The molecule has 1 amide bonds. The van der Waals surface area contributed by atoms with E-state index in [-0.39, 0.29) is 11.7 Å².